The summed E-state index contributed by atoms with van der Waals surface area (Å²) >= 11 is -3.61. The fourth-order valence-corrected chi connectivity index (χ4v) is 32.6. The van der Waals surface area contributed by atoms with Crippen molar-refractivity contribution >= 4 is 68.1 Å². The van der Waals surface area contributed by atoms with E-state index in [1.807, 2.05) is 0 Å². The number of hydrogen-bond donors (Lipinski definition) is 0. The quantitative estimate of drug-likeness (QED) is 0.126. The van der Waals surface area contributed by atoms with Gasteiger partial charge in [0.25, 0.3) is 0 Å². The SMILES string of the molecule is C1=C(c2ccccc2)[CH]([Hf]([c]2cccc3c2[SiH2]c2ccccc2-3)[CH]2C(c3ccccc3)=Cc3c(-c4ccccc4-c4cccc5ccccc45)cccc32)c2cccc(-c3ccccc3-c3cccc4ccccc34)c21. The van der Waals surface area contributed by atoms with Crippen molar-refractivity contribution in [2.75, 3.05) is 0 Å². The summed E-state index contributed by atoms with van der Waals surface area (Å²) in [5.74, 6) is 0. The maximum absolute atomic E-state index is 3.61. The number of hydrogen-bond acceptors (Lipinski definition) is 0. The molecule has 12 aromatic rings. The van der Waals surface area contributed by atoms with E-state index >= 15 is 0 Å². The van der Waals surface area contributed by atoms with Gasteiger partial charge in [0.2, 0.25) is 0 Å². The van der Waals surface area contributed by atoms with Gasteiger partial charge >= 0.3 is 459 Å². The first kappa shape index (κ1) is 45.1. The summed E-state index contributed by atoms with van der Waals surface area (Å²) in [4.78, 5) is 0. The molecule has 0 saturated carbocycles. The summed E-state index contributed by atoms with van der Waals surface area (Å²) < 4.78 is 2.16. The molecule has 1 aliphatic heterocycles. The van der Waals surface area contributed by atoms with Crippen LogP contribution in [-0.2, 0) is 21.4 Å². The normalized spacial score (nSPS) is 15.3. The van der Waals surface area contributed by atoms with Crippen LogP contribution < -0.4 is 13.7 Å². The second-order valence-corrected chi connectivity index (χ2v) is 31.9. The van der Waals surface area contributed by atoms with Crippen LogP contribution in [0.2, 0.25) is 0 Å². The molecule has 2 unspecified atom stereocenters. The van der Waals surface area contributed by atoms with Crippen molar-refractivity contribution in [3.8, 4) is 55.6 Å². The Labute approximate surface area is 455 Å². The van der Waals surface area contributed by atoms with Crippen molar-refractivity contribution in [2.24, 2.45) is 0 Å². The standard InChI is InChI=1S/2C31H21.C12H9Si.Hf/c2*1-2-10-22(11-3-1)25-20-24-14-9-19-30(31(24)21-25)29-17-7-6-16-28(29)27-18-8-13-23-12-4-5-15-26(23)27;1-3-7-11-9(5-1)10-6-2-4-8-12(10)13-11;/h2*1-21H;1-7H,13H2;. The molecule has 0 N–H and O–H groups in total. The van der Waals surface area contributed by atoms with Crippen LogP contribution in [0.3, 0.4) is 0 Å². The maximum atomic E-state index is 2.64. The van der Waals surface area contributed by atoms with Gasteiger partial charge in [-0.2, -0.15) is 0 Å². The average Bonchev–Trinajstić information content (AvgIpc) is 4.22. The van der Waals surface area contributed by atoms with Crippen LogP contribution in [0.5, 0.6) is 0 Å². The van der Waals surface area contributed by atoms with Gasteiger partial charge in [0.15, 0.2) is 0 Å². The Kier molecular flexibility index (Phi) is 11.2. The van der Waals surface area contributed by atoms with Crippen molar-refractivity contribution in [3.63, 3.8) is 0 Å². The molecule has 0 nitrogen and oxygen atoms in total. The zero-order chi connectivity index (χ0) is 50.1. The van der Waals surface area contributed by atoms with E-state index < -0.39 is 31.0 Å². The van der Waals surface area contributed by atoms with E-state index in [1.54, 1.807) is 13.7 Å². The predicted octanol–water partition coefficient (Wildman–Crippen LogP) is 16.6. The van der Waals surface area contributed by atoms with Crippen LogP contribution in [0.1, 0.15) is 40.7 Å². The van der Waals surface area contributed by atoms with Crippen molar-refractivity contribution in [1.29, 1.82) is 0 Å². The van der Waals surface area contributed by atoms with Gasteiger partial charge in [0, 0.05) is 0 Å². The number of allylic oxidation sites excluding steroid dienone is 2. The summed E-state index contributed by atoms with van der Waals surface area (Å²) in [7, 11) is -0.786. The van der Waals surface area contributed by atoms with Gasteiger partial charge in [-0.25, -0.2) is 0 Å². The molecule has 76 heavy (non-hydrogen) atoms. The topological polar surface area (TPSA) is 0 Å². The molecule has 12 aromatic carbocycles. The molecule has 0 radical (unpaired) electrons. The first-order valence-electron chi connectivity index (χ1n) is 26.8. The van der Waals surface area contributed by atoms with Crippen LogP contribution in [-0.4, -0.2) is 9.52 Å². The van der Waals surface area contributed by atoms with E-state index in [-0.39, 0.29) is 7.35 Å². The first-order chi connectivity index (χ1) is 37.7. The van der Waals surface area contributed by atoms with Crippen LogP contribution in [0, 0.1) is 0 Å². The van der Waals surface area contributed by atoms with Crippen LogP contribution in [0.15, 0.2) is 273 Å². The van der Waals surface area contributed by atoms with Gasteiger partial charge in [-0.1, -0.05) is 0 Å². The van der Waals surface area contributed by atoms with Gasteiger partial charge in [-0.05, 0) is 0 Å². The van der Waals surface area contributed by atoms with Crippen molar-refractivity contribution in [1.82, 2.24) is 0 Å². The third kappa shape index (κ3) is 7.41. The Balaban J connectivity index is 0.997. The van der Waals surface area contributed by atoms with E-state index in [1.165, 1.54) is 122 Å². The van der Waals surface area contributed by atoms with E-state index in [0.717, 1.165) is 0 Å². The molecule has 0 aromatic heterocycles. The number of rotatable bonds is 9. The third-order valence-electron chi connectivity index (χ3n) is 16.7. The molecule has 2 atom stereocenters. The molecular formula is C74H51HfSi. The number of benzene rings is 12. The second-order valence-electron chi connectivity index (χ2n) is 20.7. The molecule has 0 fully saturated rings. The minimum absolute atomic E-state index is 0.228. The van der Waals surface area contributed by atoms with Gasteiger partial charge in [-0.15, -0.1) is 0 Å². The molecule has 0 spiro atoms. The first-order valence-corrected chi connectivity index (χ1v) is 34.1. The van der Waals surface area contributed by atoms with Gasteiger partial charge in [-0.3, -0.25) is 0 Å². The summed E-state index contributed by atoms with van der Waals surface area (Å²) in [6, 6.07) is 104. The molecule has 3 aliphatic rings. The molecule has 2 heteroatoms. The molecule has 15 rings (SSSR count). The zero-order valence-corrected chi connectivity index (χ0v) is 47.0. The van der Waals surface area contributed by atoms with Gasteiger partial charge < -0.3 is 0 Å². The van der Waals surface area contributed by atoms with Crippen LogP contribution in [0.4, 0.5) is 0 Å². The minimum atomic E-state index is -3.61. The molecule has 2 aliphatic carbocycles. The predicted molar refractivity (Wildman–Crippen MR) is 323 cm³/mol. The van der Waals surface area contributed by atoms with Crippen LogP contribution in [0.25, 0.3) is 100 Å². The average molecular weight is 1150 g/mol. The Morgan fingerprint density at radius 2 is 0.645 bits per heavy atom. The molecule has 0 amide bonds. The van der Waals surface area contributed by atoms with E-state index in [9.17, 15) is 0 Å². The second kappa shape index (κ2) is 18.8. The van der Waals surface area contributed by atoms with Gasteiger partial charge in [0.1, 0.15) is 0 Å². The summed E-state index contributed by atoms with van der Waals surface area (Å²) in [5, 5.41) is 8.34. The third-order valence-corrected chi connectivity index (χ3v) is 33.0. The Hall–Kier alpha value is -8.27. The molecule has 1 heterocycles. The fourth-order valence-electron chi connectivity index (χ4n) is 13.4. The van der Waals surface area contributed by atoms with Crippen molar-refractivity contribution in [3.05, 3.63) is 306 Å². The summed E-state index contributed by atoms with van der Waals surface area (Å²) in [5.41, 5.74) is 24.5. The zero-order valence-electron chi connectivity index (χ0n) is 42.0. The Bertz CT molecular complexity index is 4090. The molecule has 0 bridgehead atoms. The molecular weight excluding hydrogens is 1100 g/mol. The summed E-state index contributed by atoms with van der Waals surface area (Å²) in [6.45, 7) is 0. The van der Waals surface area contributed by atoms with Crippen molar-refractivity contribution in [2.45, 2.75) is 7.35 Å². The fraction of sp³-hybridized carbons (Fsp3) is 0.0270. The van der Waals surface area contributed by atoms with E-state index in [2.05, 4.69) is 285 Å². The Morgan fingerprint density at radius 3 is 1.17 bits per heavy atom. The van der Waals surface area contributed by atoms with E-state index in [4.69, 9.17) is 0 Å². The van der Waals surface area contributed by atoms with E-state index in [0.29, 0.717) is 0 Å². The monoisotopic (exact) mass is 1150 g/mol. The number of fused-ring (bicyclic) bond motifs is 7. The van der Waals surface area contributed by atoms with Crippen LogP contribution >= 0.6 is 0 Å². The molecule has 0 saturated heterocycles. The Morgan fingerprint density at radius 1 is 0.276 bits per heavy atom. The van der Waals surface area contributed by atoms with Gasteiger partial charge in [0.05, 0.1) is 0 Å². The van der Waals surface area contributed by atoms with Crippen molar-refractivity contribution < 1.29 is 21.4 Å². The summed E-state index contributed by atoms with van der Waals surface area (Å²) in [6.07, 6.45) is 5.28. The molecule has 355 valence electrons.